The first-order chi connectivity index (χ1) is 8.31. The summed E-state index contributed by atoms with van der Waals surface area (Å²) in [7, 11) is 0. The van der Waals surface area contributed by atoms with Gasteiger partial charge in [0.2, 0.25) is 5.91 Å². The van der Waals surface area contributed by atoms with Crippen molar-refractivity contribution in [2.75, 3.05) is 19.6 Å². The Bertz CT molecular complexity index is 375. The second-order valence-electron chi connectivity index (χ2n) is 4.06. The van der Waals surface area contributed by atoms with Gasteiger partial charge in [0.15, 0.2) is 0 Å². The van der Waals surface area contributed by atoms with Crippen LogP contribution in [0.15, 0.2) is 29.2 Å². The summed E-state index contributed by atoms with van der Waals surface area (Å²) >= 11 is 1.68. The van der Waals surface area contributed by atoms with E-state index in [9.17, 15) is 4.79 Å². The molecule has 100 valence electrons. The molecule has 0 aliphatic carbocycles. The normalized spacial score (nSPS) is 16.8. The Labute approximate surface area is 119 Å². The molecule has 2 rings (SSSR count). The zero-order valence-corrected chi connectivity index (χ0v) is 12.1. The number of carbonyl (C=O) groups excluding carboxylic acids is 1. The molecule has 3 nitrogen and oxygen atoms in total. The van der Waals surface area contributed by atoms with Gasteiger partial charge in [0, 0.05) is 18.0 Å². The highest BCUT2D eigenvalue weighted by Crippen LogP contribution is 2.36. The van der Waals surface area contributed by atoms with Gasteiger partial charge in [-0.1, -0.05) is 25.1 Å². The average molecular weight is 287 g/mol. The number of hydrogen-bond acceptors (Lipinski definition) is 3. The van der Waals surface area contributed by atoms with E-state index in [0.29, 0.717) is 6.54 Å². The lowest BCUT2D eigenvalue weighted by molar-refractivity contribution is -0.120. The number of hydrogen-bond donors (Lipinski definition) is 2. The fourth-order valence-corrected chi connectivity index (χ4v) is 3.11. The van der Waals surface area contributed by atoms with Crippen molar-refractivity contribution in [3.63, 3.8) is 0 Å². The summed E-state index contributed by atoms with van der Waals surface area (Å²) in [5.41, 5.74) is 1.30. The lowest BCUT2D eigenvalue weighted by Gasteiger charge is -2.09. The van der Waals surface area contributed by atoms with E-state index < -0.39 is 0 Å². The SMILES string of the molecule is CCNCCNC(=O)C1Cc2ccccc2S1.Cl. The van der Waals surface area contributed by atoms with Crippen molar-refractivity contribution in [3.8, 4) is 0 Å². The number of amides is 1. The molecule has 0 fully saturated rings. The largest absolute Gasteiger partial charge is 0.354 e. The van der Waals surface area contributed by atoms with Gasteiger partial charge in [-0.15, -0.1) is 24.2 Å². The minimum absolute atomic E-state index is 0. The highest BCUT2D eigenvalue weighted by molar-refractivity contribution is 8.01. The molecular weight excluding hydrogens is 268 g/mol. The molecule has 0 saturated carbocycles. The van der Waals surface area contributed by atoms with Crippen LogP contribution in [-0.4, -0.2) is 30.8 Å². The van der Waals surface area contributed by atoms with Crippen molar-refractivity contribution in [1.82, 2.24) is 10.6 Å². The van der Waals surface area contributed by atoms with Gasteiger partial charge in [-0.3, -0.25) is 4.79 Å². The fraction of sp³-hybridized carbons (Fsp3) is 0.462. The van der Waals surface area contributed by atoms with Crippen LogP contribution in [0.4, 0.5) is 0 Å². The van der Waals surface area contributed by atoms with Crippen LogP contribution in [0.2, 0.25) is 0 Å². The zero-order chi connectivity index (χ0) is 12.1. The molecule has 5 heteroatoms. The van der Waals surface area contributed by atoms with Gasteiger partial charge in [-0.2, -0.15) is 0 Å². The fourth-order valence-electron chi connectivity index (χ4n) is 1.89. The van der Waals surface area contributed by atoms with Crippen molar-refractivity contribution >= 4 is 30.1 Å². The minimum Gasteiger partial charge on any atom is -0.354 e. The van der Waals surface area contributed by atoms with Crippen LogP contribution in [-0.2, 0) is 11.2 Å². The standard InChI is InChI=1S/C13H18N2OS.ClH/c1-2-14-7-8-15-13(16)12-9-10-5-3-4-6-11(10)17-12;/h3-6,12,14H,2,7-9H2,1H3,(H,15,16);1H. The smallest absolute Gasteiger partial charge is 0.233 e. The van der Waals surface area contributed by atoms with Crippen LogP contribution in [0.5, 0.6) is 0 Å². The molecule has 1 aliphatic heterocycles. The predicted molar refractivity (Wildman–Crippen MR) is 78.6 cm³/mol. The average Bonchev–Trinajstić information content (AvgIpc) is 2.78. The molecule has 2 N–H and O–H groups in total. The molecule has 18 heavy (non-hydrogen) atoms. The van der Waals surface area contributed by atoms with Crippen LogP contribution >= 0.6 is 24.2 Å². The Balaban J connectivity index is 0.00000162. The maximum absolute atomic E-state index is 11.9. The number of benzene rings is 1. The summed E-state index contributed by atoms with van der Waals surface area (Å²) in [6, 6.07) is 8.25. The third-order valence-corrected chi connectivity index (χ3v) is 4.11. The monoisotopic (exact) mass is 286 g/mol. The summed E-state index contributed by atoms with van der Waals surface area (Å²) in [6.07, 6.45) is 0.855. The van der Waals surface area contributed by atoms with Crippen LogP contribution in [0, 0.1) is 0 Å². The van der Waals surface area contributed by atoms with E-state index in [4.69, 9.17) is 0 Å². The minimum atomic E-state index is 0. The topological polar surface area (TPSA) is 41.1 Å². The number of thioether (sulfide) groups is 1. The molecule has 1 aromatic rings. The van der Waals surface area contributed by atoms with Gasteiger partial charge in [-0.25, -0.2) is 0 Å². The molecule has 1 atom stereocenters. The van der Waals surface area contributed by atoms with Gasteiger partial charge < -0.3 is 10.6 Å². The van der Waals surface area contributed by atoms with Crippen LogP contribution in [0.25, 0.3) is 0 Å². The van der Waals surface area contributed by atoms with Gasteiger partial charge >= 0.3 is 0 Å². The van der Waals surface area contributed by atoms with Crippen molar-refractivity contribution in [2.24, 2.45) is 0 Å². The molecule has 1 unspecified atom stereocenters. The Morgan fingerprint density at radius 2 is 2.17 bits per heavy atom. The van der Waals surface area contributed by atoms with E-state index in [2.05, 4.69) is 29.7 Å². The van der Waals surface area contributed by atoms with Gasteiger partial charge in [0.1, 0.15) is 0 Å². The van der Waals surface area contributed by atoms with E-state index in [0.717, 1.165) is 19.5 Å². The molecule has 0 saturated heterocycles. The van der Waals surface area contributed by atoms with Gasteiger partial charge in [-0.05, 0) is 24.6 Å². The molecule has 0 spiro atoms. The first kappa shape index (κ1) is 15.3. The number of carbonyl (C=O) groups is 1. The molecule has 1 aromatic carbocycles. The maximum Gasteiger partial charge on any atom is 0.233 e. The highest BCUT2D eigenvalue weighted by Gasteiger charge is 2.27. The Morgan fingerprint density at radius 1 is 1.39 bits per heavy atom. The number of halogens is 1. The Morgan fingerprint density at radius 3 is 2.89 bits per heavy atom. The molecule has 0 aromatic heterocycles. The highest BCUT2D eigenvalue weighted by atomic mass is 35.5. The second kappa shape index (κ2) is 7.67. The third-order valence-electron chi connectivity index (χ3n) is 2.79. The van der Waals surface area contributed by atoms with E-state index in [1.807, 2.05) is 12.1 Å². The first-order valence-electron chi connectivity index (χ1n) is 6.04. The van der Waals surface area contributed by atoms with Crippen LogP contribution < -0.4 is 10.6 Å². The molecule has 1 heterocycles. The van der Waals surface area contributed by atoms with Crippen molar-refractivity contribution in [2.45, 2.75) is 23.5 Å². The van der Waals surface area contributed by atoms with Crippen molar-refractivity contribution < 1.29 is 4.79 Å². The predicted octanol–water partition coefficient (Wildman–Crippen LogP) is 1.85. The number of likely N-dealkylation sites (N-methyl/N-ethyl adjacent to an activating group) is 1. The lowest BCUT2D eigenvalue weighted by Crippen LogP contribution is -2.37. The van der Waals surface area contributed by atoms with Gasteiger partial charge in [0.05, 0.1) is 5.25 Å². The van der Waals surface area contributed by atoms with Gasteiger partial charge in [0.25, 0.3) is 0 Å². The van der Waals surface area contributed by atoms with E-state index >= 15 is 0 Å². The quantitative estimate of drug-likeness (QED) is 0.812. The molecule has 0 bridgehead atoms. The molecule has 1 aliphatic rings. The molecule has 0 radical (unpaired) electrons. The molecule has 1 amide bonds. The number of fused-ring (bicyclic) bond motifs is 1. The van der Waals surface area contributed by atoms with Crippen molar-refractivity contribution in [1.29, 1.82) is 0 Å². The van der Waals surface area contributed by atoms with Crippen LogP contribution in [0.1, 0.15) is 12.5 Å². The summed E-state index contributed by atoms with van der Waals surface area (Å²) in [5.74, 6) is 0.157. The number of rotatable bonds is 5. The first-order valence-corrected chi connectivity index (χ1v) is 6.92. The Kier molecular flexibility index (Phi) is 6.54. The summed E-state index contributed by atoms with van der Waals surface area (Å²) < 4.78 is 0. The molecular formula is C13H19ClN2OS. The lowest BCUT2D eigenvalue weighted by atomic mass is 10.1. The van der Waals surface area contributed by atoms with E-state index in [-0.39, 0.29) is 23.6 Å². The Hall–Kier alpha value is -0.710. The number of nitrogens with one attached hydrogen (secondary N) is 2. The summed E-state index contributed by atoms with van der Waals surface area (Å²) in [6.45, 7) is 4.55. The second-order valence-corrected chi connectivity index (χ2v) is 5.31. The maximum atomic E-state index is 11.9. The van der Waals surface area contributed by atoms with Crippen molar-refractivity contribution in [3.05, 3.63) is 29.8 Å². The van der Waals surface area contributed by atoms with E-state index in [1.165, 1.54) is 10.5 Å². The summed E-state index contributed by atoms with van der Waals surface area (Å²) in [4.78, 5) is 13.2. The zero-order valence-electron chi connectivity index (χ0n) is 10.4. The third kappa shape index (κ3) is 3.90. The van der Waals surface area contributed by atoms with E-state index in [1.54, 1.807) is 11.8 Å². The van der Waals surface area contributed by atoms with Crippen LogP contribution in [0.3, 0.4) is 0 Å². The summed E-state index contributed by atoms with van der Waals surface area (Å²) in [5, 5.41) is 6.21.